The number of benzene rings is 1. The summed E-state index contributed by atoms with van der Waals surface area (Å²) in [6, 6.07) is 9.50. The van der Waals surface area contributed by atoms with Gasteiger partial charge >= 0.3 is 0 Å². The van der Waals surface area contributed by atoms with Gasteiger partial charge in [0.15, 0.2) is 0 Å². The van der Waals surface area contributed by atoms with E-state index >= 15 is 0 Å². The molecule has 0 unspecified atom stereocenters. The Kier molecular flexibility index (Phi) is 3.44. The highest BCUT2D eigenvalue weighted by Crippen LogP contribution is 2.24. The number of methoxy groups -OCH3 is 1. The van der Waals surface area contributed by atoms with Crippen LogP contribution in [-0.2, 0) is 0 Å². The van der Waals surface area contributed by atoms with E-state index in [1.165, 1.54) is 13.2 Å². The Bertz CT molecular complexity index is 534. The Morgan fingerprint density at radius 3 is 2.82 bits per heavy atom. The van der Waals surface area contributed by atoms with Crippen molar-refractivity contribution in [2.45, 2.75) is 0 Å². The average molecular weight is 253 g/mol. The van der Waals surface area contributed by atoms with Crippen molar-refractivity contribution >= 4 is 23.1 Å². The Morgan fingerprint density at radius 1 is 1.29 bits per heavy atom. The van der Waals surface area contributed by atoms with Crippen molar-refractivity contribution in [2.24, 2.45) is 0 Å². The normalized spacial score (nSPS) is 10.1. The zero-order valence-electron chi connectivity index (χ0n) is 9.08. The SMILES string of the molecule is COc1ccc(F)c(Nc2cccc(Cl)n2)c1. The third-order valence-corrected chi connectivity index (χ3v) is 2.36. The molecule has 1 aromatic carbocycles. The molecule has 88 valence electrons. The molecule has 0 aliphatic heterocycles. The predicted molar refractivity (Wildman–Crippen MR) is 65.5 cm³/mol. The zero-order valence-corrected chi connectivity index (χ0v) is 9.83. The number of rotatable bonds is 3. The number of pyridine rings is 1. The molecule has 3 nitrogen and oxygen atoms in total. The average Bonchev–Trinajstić information content (AvgIpc) is 2.32. The van der Waals surface area contributed by atoms with Gasteiger partial charge in [-0.1, -0.05) is 17.7 Å². The highest BCUT2D eigenvalue weighted by molar-refractivity contribution is 6.29. The largest absolute Gasteiger partial charge is 0.497 e. The number of hydrogen-bond acceptors (Lipinski definition) is 3. The van der Waals surface area contributed by atoms with Crippen LogP contribution in [0.15, 0.2) is 36.4 Å². The van der Waals surface area contributed by atoms with Gasteiger partial charge in [0, 0.05) is 6.07 Å². The zero-order chi connectivity index (χ0) is 12.3. The van der Waals surface area contributed by atoms with E-state index in [0.717, 1.165) is 0 Å². The van der Waals surface area contributed by atoms with Gasteiger partial charge in [0.05, 0.1) is 12.8 Å². The fourth-order valence-electron chi connectivity index (χ4n) is 1.34. The molecule has 1 N–H and O–H groups in total. The van der Waals surface area contributed by atoms with E-state index in [4.69, 9.17) is 16.3 Å². The fraction of sp³-hybridized carbons (Fsp3) is 0.0833. The molecular formula is C12H10ClFN2O. The second-order valence-corrected chi connectivity index (χ2v) is 3.70. The van der Waals surface area contributed by atoms with Gasteiger partial charge in [-0.2, -0.15) is 0 Å². The number of ether oxygens (including phenoxy) is 1. The minimum absolute atomic E-state index is 0.291. The van der Waals surface area contributed by atoms with Gasteiger partial charge in [-0.25, -0.2) is 9.37 Å². The molecule has 0 saturated heterocycles. The standard InChI is InChI=1S/C12H10ClFN2O/c1-17-8-5-6-9(14)10(7-8)15-12-4-2-3-11(13)16-12/h2-7H,1H3,(H,15,16). The molecule has 0 amide bonds. The molecule has 2 rings (SSSR count). The molecule has 0 aliphatic rings. The molecular weight excluding hydrogens is 243 g/mol. The monoisotopic (exact) mass is 252 g/mol. The van der Waals surface area contributed by atoms with Crippen LogP contribution in [0.4, 0.5) is 15.9 Å². The minimum atomic E-state index is -0.382. The van der Waals surface area contributed by atoms with Crippen LogP contribution in [0, 0.1) is 5.82 Å². The van der Waals surface area contributed by atoms with Gasteiger partial charge in [0.2, 0.25) is 0 Å². The molecule has 0 fully saturated rings. The number of anilines is 2. The van der Waals surface area contributed by atoms with Crippen molar-refractivity contribution in [1.29, 1.82) is 0 Å². The van der Waals surface area contributed by atoms with E-state index in [1.807, 2.05) is 0 Å². The third-order valence-electron chi connectivity index (χ3n) is 2.15. The smallest absolute Gasteiger partial charge is 0.146 e. The van der Waals surface area contributed by atoms with Crippen LogP contribution < -0.4 is 10.1 Å². The molecule has 5 heteroatoms. The Morgan fingerprint density at radius 2 is 2.12 bits per heavy atom. The van der Waals surface area contributed by atoms with Crippen molar-refractivity contribution in [2.75, 3.05) is 12.4 Å². The van der Waals surface area contributed by atoms with Gasteiger partial charge in [-0.15, -0.1) is 0 Å². The Balaban J connectivity index is 2.29. The molecule has 1 heterocycles. The second kappa shape index (κ2) is 5.01. The topological polar surface area (TPSA) is 34.1 Å². The molecule has 17 heavy (non-hydrogen) atoms. The van der Waals surface area contributed by atoms with E-state index < -0.39 is 0 Å². The maximum atomic E-state index is 13.5. The van der Waals surface area contributed by atoms with E-state index in [1.54, 1.807) is 30.3 Å². The van der Waals surface area contributed by atoms with Crippen molar-refractivity contribution in [3.63, 3.8) is 0 Å². The van der Waals surface area contributed by atoms with Gasteiger partial charge in [0.1, 0.15) is 22.5 Å². The summed E-state index contributed by atoms with van der Waals surface area (Å²) in [4.78, 5) is 4.01. The number of halogens is 2. The van der Waals surface area contributed by atoms with E-state index in [2.05, 4.69) is 10.3 Å². The number of aromatic nitrogens is 1. The summed E-state index contributed by atoms with van der Waals surface area (Å²) in [5.41, 5.74) is 0.291. The van der Waals surface area contributed by atoms with Crippen molar-refractivity contribution in [1.82, 2.24) is 4.98 Å². The lowest BCUT2D eigenvalue weighted by atomic mass is 10.3. The molecule has 0 radical (unpaired) electrons. The summed E-state index contributed by atoms with van der Waals surface area (Å²) >= 11 is 5.74. The van der Waals surface area contributed by atoms with Gasteiger partial charge in [-0.05, 0) is 24.3 Å². The van der Waals surface area contributed by atoms with Crippen LogP contribution in [0.5, 0.6) is 5.75 Å². The molecule has 0 atom stereocenters. The molecule has 2 aromatic rings. The first-order chi connectivity index (χ1) is 8.19. The van der Waals surface area contributed by atoms with E-state index in [-0.39, 0.29) is 5.82 Å². The summed E-state index contributed by atoms with van der Waals surface area (Å²) in [6.07, 6.45) is 0. The Hall–Kier alpha value is -1.81. The van der Waals surface area contributed by atoms with Crippen molar-refractivity contribution in [3.8, 4) is 5.75 Å². The van der Waals surface area contributed by atoms with Crippen LogP contribution in [0.3, 0.4) is 0 Å². The van der Waals surface area contributed by atoms with E-state index in [0.29, 0.717) is 22.4 Å². The lowest BCUT2D eigenvalue weighted by molar-refractivity contribution is 0.414. The van der Waals surface area contributed by atoms with Crippen LogP contribution in [-0.4, -0.2) is 12.1 Å². The van der Waals surface area contributed by atoms with Crippen molar-refractivity contribution < 1.29 is 9.13 Å². The summed E-state index contributed by atoms with van der Waals surface area (Å²) in [5, 5.41) is 3.18. The van der Waals surface area contributed by atoms with Gasteiger partial charge in [0.25, 0.3) is 0 Å². The molecule has 0 spiro atoms. The van der Waals surface area contributed by atoms with Crippen LogP contribution >= 0.6 is 11.6 Å². The van der Waals surface area contributed by atoms with E-state index in [9.17, 15) is 4.39 Å². The second-order valence-electron chi connectivity index (χ2n) is 3.32. The lowest BCUT2D eigenvalue weighted by Crippen LogP contribution is -1.97. The minimum Gasteiger partial charge on any atom is -0.497 e. The molecule has 1 aromatic heterocycles. The maximum Gasteiger partial charge on any atom is 0.146 e. The van der Waals surface area contributed by atoms with Gasteiger partial charge < -0.3 is 10.1 Å². The van der Waals surface area contributed by atoms with Crippen LogP contribution in [0.1, 0.15) is 0 Å². The van der Waals surface area contributed by atoms with Crippen molar-refractivity contribution in [3.05, 3.63) is 47.4 Å². The van der Waals surface area contributed by atoms with Crippen LogP contribution in [0.2, 0.25) is 5.15 Å². The molecule has 0 aliphatic carbocycles. The quantitative estimate of drug-likeness (QED) is 0.847. The Labute approximate surface area is 103 Å². The summed E-state index contributed by atoms with van der Waals surface area (Å²) < 4.78 is 18.5. The fourth-order valence-corrected chi connectivity index (χ4v) is 1.51. The molecule has 0 bridgehead atoms. The van der Waals surface area contributed by atoms with Gasteiger partial charge in [-0.3, -0.25) is 0 Å². The third kappa shape index (κ3) is 2.85. The first-order valence-corrected chi connectivity index (χ1v) is 5.30. The number of nitrogens with one attached hydrogen (secondary N) is 1. The molecule has 0 saturated carbocycles. The lowest BCUT2D eigenvalue weighted by Gasteiger charge is -2.08. The summed E-state index contributed by atoms with van der Waals surface area (Å²) in [6.45, 7) is 0. The highest BCUT2D eigenvalue weighted by Gasteiger charge is 2.05. The highest BCUT2D eigenvalue weighted by atomic mass is 35.5. The maximum absolute atomic E-state index is 13.5. The summed E-state index contributed by atoms with van der Waals surface area (Å²) in [7, 11) is 1.52. The first-order valence-electron chi connectivity index (χ1n) is 4.92. The first kappa shape index (κ1) is 11.7. The number of nitrogens with zero attached hydrogens (tertiary/aromatic N) is 1. The number of hydrogen-bond donors (Lipinski definition) is 1. The van der Waals surface area contributed by atoms with Crippen LogP contribution in [0.25, 0.3) is 0 Å². The predicted octanol–water partition coefficient (Wildman–Crippen LogP) is 3.63. The summed E-state index contributed by atoms with van der Waals surface area (Å²) in [5.74, 6) is 0.660.